The first-order valence-corrected chi connectivity index (χ1v) is 5.81. The van der Waals surface area contributed by atoms with E-state index in [1.165, 1.54) is 6.26 Å². The zero-order chi connectivity index (χ0) is 9.90. The van der Waals surface area contributed by atoms with Crippen molar-refractivity contribution in [3.8, 4) is 0 Å². The molecule has 4 nitrogen and oxygen atoms in total. The molecule has 13 heavy (non-hydrogen) atoms. The molecular weight excluding hydrogens is 190 g/mol. The molecule has 0 saturated heterocycles. The number of sulfone groups is 1. The molecule has 0 aliphatic rings. The van der Waals surface area contributed by atoms with Crippen LogP contribution in [0.15, 0.2) is 16.7 Å². The Bertz CT molecular complexity index is 366. The van der Waals surface area contributed by atoms with Gasteiger partial charge in [0.05, 0.1) is 17.8 Å². The summed E-state index contributed by atoms with van der Waals surface area (Å²) in [6, 6.07) is 1.67. The second-order valence-electron chi connectivity index (χ2n) is 2.88. The maximum atomic E-state index is 11.3. The molecule has 1 aromatic rings. The third-order valence-corrected chi connectivity index (χ3v) is 3.38. The highest BCUT2D eigenvalue weighted by molar-refractivity contribution is 7.90. The Morgan fingerprint density at radius 1 is 1.54 bits per heavy atom. The zero-order valence-electron chi connectivity index (χ0n) is 7.49. The molecule has 0 bridgehead atoms. The van der Waals surface area contributed by atoms with Crippen LogP contribution in [-0.4, -0.2) is 20.7 Å². The van der Waals surface area contributed by atoms with Crippen LogP contribution in [0, 0.1) is 6.92 Å². The molecule has 1 aromatic heterocycles. The Morgan fingerprint density at radius 3 is 2.69 bits per heavy atom. The van der Waals surface area contributed by atoms with Crippen LogP contribution >= 0.6 is 0 Å². The molecule has 1 rings (SSSR count). The Kier molecular flexibility index (Phi) is 3.11. The fourth-order valence-electron chi connectivity index (χ4n) is 1.05. The van der Waals surface area contributed by atoms with Crippen LogP contribution in [0.3, 0.4) is 0 Å². The molecule has 0 amide bonds. The zero-order valence-corrected chi connectivity index (χ0v) is 8.30. The molecule has 0 aromatic carbocycles. The number of hydrogen-bond acceptors (Lipinski definition) is 4. The summed E-state index contributed by atoms with van der Waals surface area (Å²) in [6.45, 7) is 1.91. The van der Waals surface area contributed by atoms with Crippen molar-refractivity contribution in [2.75, 3.05) is 12.3 Å². The maximum Gasteiger partial charge on any atom is 0.155 e. The van der Waals surface area contributed by atoms with Crippen molar-refractivity contribution in [3.05, 3.63) is 23.7 Å². The van der Waals surface area contributed by atoms with Gasteiger partial charge in [0, 0.05) is 12.1 Å². The van der Waals surface area contributed by atoms with Crippen molar-refractivity contribution in [2.24, 2.45) is 5.73 Å². The minimum absolute atomic E-state index is 0.0204. The molecule has 0 unspecified atom stereocenters. The summed E-state index contributed by atoms with van der Waals surface area (Å²) < 4.78 is 27.6. The summed E-state index contributed by atoms with van der Waals surface area (Å²) in [5.74, 6) is 0.699. The van der Waals surface area contributed by atoms with Gasteiger partial charge in [-0.15, -0.1) is 0 Å². The second kappa shape index (κ2) is 3.93. The molecule has 0 aliphatic heterocycles. The SMILES string of the molecule is Cc1occc1CS(=O)(=O)CCN. The summed E-state index contributed by atoms with van der Waals surface area (Å²) in [5, 5.41) is 0. The molecule has 0 atom stereocenters. The first-order valence-electron chi connectivity index (χ1n) is 3.98. The van der Waals surface area contributed by atoms with Gasteiger partial charge < -0.3 is 10.2 Å². The summed E-state index contributed by atoms with van der Waals surface area (Å²) in [6.07, 6.45) is 1.49. The summed E-state index contributed by atoms with van der Waals surface area (Å²) in [4.78, 5) is 0. The molecule has 0 radical (unpaired) electrons. The van der Waals surface area contributed by atoms with Gasteiger partial charge in [-0.1, -0.05) is 0 Å². The summed E-state index contributed by atoms with van der Waals surface area (Å²) >= 11 is 0. The number of nitrogens with two attached hydrogens (primary N) is 1. The fourth-order valence-corrected chi connectivity index (χ4v) is 2.33. The molecule has 0 aliphatic carbocycles. The van der Waals surface area contributed by atoms with Gasteiger partial charge in [-0.2, -0.15) is 0 Å². The van der Waals surface area contributed by atoms with E-state index in [-0.39, 0.29) is 18.1 Å². The largest absolute Gasteiger partial charge is 0.469 e. The van der Waals surface area contributed by atoms with E-state index in [2.05, 4.69) is 0 Å². The van der Waals surface area contributed by atoms with Crippen molar-refractivity contribution in [3.63, 3.8) is 0 Å². The van der Waals surface area contributed by atoms with E-state index in [9.17, 15) is 8.42 Å². The van der Waals surface area contributed by atoms with Gasteiger partial charge >= 0.3 is 0 Å². The monoisotopic (exact) mass is 203 g/mol. The van der Waals surface area contributed by atoms with Crippen LogP contribution in [0.4, 0.5) is 0 Å². The molecule has 1 heterocycles. The standard InChI is InChI=1S/C8H13NO3S/c1-7-8(2-4-12-7)6-13(10,11)5-3-9/h2,4H,3,5-6,9H2,1H3. The van der Waals surface area contributed by atoms with Crippen LogP contribution < -0.4 is 5.73 Å². The number of rotatable bonds is 4. The Hall–Kier alpha value is -0.810. The first-order chi connectivity index (χ1) is 6.05. The van der Waals surface area contributed by atoms with E-state index in [4.69, 9.17) is 10.2 Å². The third-order valence-electron chi connectivity index (χ3n) is 1.77. The van der Waals surface area contributed by atoms with E-state index < -0.39 is 9.84 Å². The Labute approximate surface area is 77.7 Å². The van der Waals surface area contributed by atoms with Crippen molar-refractivity contribution < 1.29 is 12.8 Å². The van der Waals surface area contributed by atoms with Gasteiger partial charge in [-0.3, -0.25) is 0 Å². The average molecular weight is 203 g/mol. The average Bonchev–Trinajstić information content (AvgIpc) is 2.35. The van der Waals surface area contributed by atoms with Crippen molar-refractivity contribution in [1.29, 1.82) is 0 Å². The molecular formula is C8H13NO3S. The first kappa shape index (κ1) is 10.3. The van der Waals surface area contributed by atoms with E-state index in [1.807, 2.05) is 0 Å². The molecule has 2 N–H and O–H groups in total. The van der Waals surface area contributed by atoms with E-state index in [0.29, 0.717) is 11.3 Å². The molecule has 74 valence electrons. The van der Waals surface area contributed by atoms with E-state index >= 15 is 0 Å². The van der Waals surface area contributed by atoms with Gasteiger partial charge in [0.25, 0.3) is 0 Å². The summed E-state index contributed by atoms with van der Waals surface area (Å²) in [5.41, 5.74) is 5.90. The van der Waals surface area contributed by atoms with Gasteiger partial charge in [0.15, 0.2) is 9.84 Å². The molecule has 5 heteroatoms. The lowest BCUT2D eigenvalue weighted by Crippen LogP contribution is -2.17. The van der Waals surface area contributed by atoms with E-state index in [0.717, 1.165) is 0 Å². The second-order valence-corrected chi connectivity index (χ2v) is 5.07. The normalized spacial score (nSPS) is 11.8. The Morgan fingerprint density at radius 2 is 2.23 bits per heavy atom. The van der Waals surface area contributed by atoms with Crippen LogP contribution in [0.25, 0.3) is 0 Å². The van der Waals surface area contributed by atoms with Crippen molar-refractivity contribution >= 4 is 9.84 Å². The molecule has 0 saturated carbocycles. The molecule has 0 spiro atoms. The highest BCUT2D eigenvalue weighted by Crippen LogP contribution is 2.12. The number of aryl methyl sites for hydroxylation is 1. The lowest BCUT2D eigenvalue weighted by Gasteiger charge is -2.00. The smallest absolute Gasteiger partial charge is 0.155 e. The maximum absolute atomic E-state index is 11.3. The topological polar surface area (TPSA) is 73.3 Å². The molecule has 0 fully saturated rings. The third kappa shape index (κ3) is 2.86. The highest BCUT2D eigenvalue weighted by atomic mass is 32.2. The van der Waals surface area contributed by atoms with Crippen LogP contribution in [-0.2, 0) is 15.6 Å². The predicted molar refractivity (Wildman–Crippen MR) is 50.0 cm³/mol. The highest BCUT2D eigenvalue weighted by Gasteiger charge is 2.13. The van der Waals surface area contributed by atoms with Gasteiger partial charge in [0.2, 0.25) is 0 Å². The quantitative estimate of drug-likeness (QED) is 0.771. The van der Waals surface area contributed by atoms with Gasteiger partial charge in [-0.25, -0.2) is 8.42 Å². The predicted octanol–water partition coefficient (Wildman–Crippen LogP) is 0.462. The lowest BCUT2D eigenvalue weighted by molar-refractivity contribution is 0.530. The Balaban J connectivity index is 2.75. The minimum Gasteiger partial charge on any atom is -0.469 e. The van der Waals surface area contributed by atoms with Gasteiger partial charge in [0.1, 0.15) is 5.76 Å². The van der Waals surface area contributed by atoms with Crippen molar-refractivity contribution in [2.45, 2.75) is 12.7 Å². The number of furan rings is 1. The minimum atomic E-state index is -3.06. The van der Waals surface area contributed by atoms with Crippen LogP contribution in [0.2, 0.25) is 0 Å². The summed E-state index contributed by atoms with van der Waals surface area (Å²) in [7, 11) is -3.06. The van der Waals surface area contributed by atoms with Crippen LogP contribution in [0.5, 0.6) is 0 Å². The van der Waals surface area contributed by atoms with E-state index in [1.54, 1.807) is 13.0 Å². The fraction of sp³-hybridized carbons (Fsp3) is 0.500. The van der Waals surface area contributed by atoms with Crippen LogP contribution in [0.1, 0.15) is 11.3 Å². The lowest BCUT2D eigenvalue weighted by atomic mass is 10.3. The van der Waals surface area contributed by atoms with Crippen molar-refractivity contribution in [1.82, 2.24) is 0 Å². The number of hydrogen-bond donors (Lipinski definition) is 1. The van der Waals surface area contributed by atoms with Gasteiger partial charge in [-0.05, 0) is 13.0 Å².